The number of hydrogen-bond donors (Lipinski definition) is 0. The van der Waals surface area contributed by atoms with Crippen molar-refractivity contribution in [2.75, 3.05) is 13.7 Å². The summed E-state index contributed by atoms with van der Waals surface area (Å²) in [5.74, 6) is 1.75. The molecular formula is C18H16O5. The molecule has 5 nitrogen and oxygen atoms in total. The Morgan fingerprint density at radius 2 is 1.83 bits per heavy atom. The Balaban J connectivity index is 2.01. The Hall–Kier alpha value is -2.95. The molecule has 5 heteroatoms. The fraction of sp³-hybridized carbons (Fsp3) is 0.167. The maximum absolute atomic E-state index is 12.5. The van der Waals surface area contributed by atoms with Gasteiger partial charge in [0.05, 0.1) is 19.1 Å². The molecule has 0 aliphatic carbocycles. The standard InChI is InChI=1S/C18H16O5/c1-3-21-12-8-9-13-16(10-12)22-11-17(18(13)19)23-15-7-5-4-6-14(15)20-2/h4-11H,3H2,1-2H3. The molecule has 0 atom stereocenters. The highest BCUT2D eigenvalue weighted by molar-refractivity contribution is 5.79. The van der Waals surface area contributed by atoms with Gasteiger partial charge in [-0.05, 0) is 31.2 Å². The molecule has 3 rings (SSSR count). The monoisotopic (exact) mass is 312 g/mol. The van der Waals surface area contributed by atoms with Crippen LogP contribution >= 0.6 is 0 Å². The molecule has 0 saturated heterocycles. The molecule has 0 fully saturated rings. The summed E-state index contributed by atoms with van der Waals surface area (Å²) in [6.45, 7) is 2.44. The molecule has 0 saturated carbocycles. The quantitative estimate of drug-likeness (QED) is 0.713. The topological polar surface area (TPSA) is 57.9 Å². The van der Waals surface area contributed by atoms with E-state index in [9.17, 15) is 4.79 Å². The summed E-state index contributed by atoms with van der Waals surface area (Å²) in [5, 5.41) is 0.431. The van der Waals surface area contributed by atoms with Gasteiger partial charge < -0.3 is 18.6 Å². The molecule has 1 heterocycles. The lowest BCUT2D eigenvalue weighted by Gasteiger charge is -2.09. The fourth-order valence-electron chi connectivity index (χ4n) is 2.24. The largest absolute Gasteiger partial charge is 0.494 e. The van der Waals surface area contributed by atoms with Gasteiger partial charge in [0.2, 0.25) is 11.2 Å². The van der Waals surface area contributed by atoms with E-state index in [4.69, 9.17) is 18.6 Å². The van der Waals surface area contributed by atoms with E-state index in [0.717, 1.165) is 0 Å². The molecule has 0 N–H and O–H groups in total. The van der Waals surface area contributed by atoms with E-state index in [2.05, 4.69) is 0 Å². The highest BCUT2D eigenvalue weighted by atomic mass is 16.5. The second kappa shape index (κ2) is 6.44. The van der Waals surface area contributed by atoms with Gasteiger partial charge in [0.15, 0.2) is 11.5 Å². The zero-order valence-corrected chi connectivity index (χ0v) is 12.9. The molecule has 118 valence electrons. The summed E-state index contributed by atoms with van der Waals surface area (Å²) in [5.41, 5.74) is 0.202. The van der Waals surface area contributed by atoms with E-state index in [0.29, 0.717) is 34.8 Å². The highest BCUT2D eigenvalue weighted by Crippen LogP contribution is 2.30. The van der Waals surface area contributed by atoms with E-state index < -0.39 is 0 Å². The third-order valence-electron chi connectivity index (χ3n) is 3.31. The molecule has 0 amide bonds. The maximum Gasteiger partial charge on any atom is 0.235 e. The second-order valence-corrected chi connectivity index (χ2v) is 4.77. The van der Waals surface area contributed by atoms with Crippen molar-refractivity contribution in [2.45, 2.75) is 6.92 Å². The lowest BCUT2D eigenvalue weighted by molar-refractivity contribution is 0.340. The first-order valence-corrected chi connectivity index (χ1v) is 7.22. The Morgan fingerprint density at radius 1 is 1.04 bits per heavy atom. The van der Waals surface area contributed by atoms with Gasteiger partial charge >= 0.3 is 0 Å². The van der Waals surface area contributed by atoms with Crippen LogP contribution in [0.1, 0.15) is 6.92 Å². The molecule has 2 aromatic carbocycles. The first kappa shape index (κ1) is 15.0. The van der Waals surface area contributed by atoms with Crippen LogP contribution in [0.4, 0.5) is 0 Å². The minimum absolute atomic E-state index is 0.103. The van der Waals surface area contributed by atoms with Gasteiger partial charge in [0.1, 0.15) is 17.6 Å². The predicted octanol–water partition coefficient (Wildman–Crippen LogP) is 3.99. The van der Waals surface area contributed by atoms with Crippen LogP contribution in [0.25, 0.3) is 11.0 Å². The van der Waals surface area contributed by atoms with Crippen molar-refractivity contribution in [3.05, 3.63) is 59.0 Å². The normalized spacial score (nSPS) is 10.5. The maximum atomic E-state index is 12.5. The smallest absolute Gasteiger partial charge is 0.235 e. The summed E-state index contributed by atoms with van der Waals surface area (Å²) in [6, 6.07) is 12.2. The van der Waals surface area contributed by atoms with E-state index >= 15 is 0 Å². The first-order valence-electron chi connectivity index (χ1n) is 7.22. The summed E-state index contributed by atoms with van der Waals surface area (Å²) < 4.78 is 21.8. The zero-order valence-electron chi connectivity index (χ0n) is 12.9. The van der Waals surface area contributed by atoms with Gasteiger partial charge in [-0.1, -0.05) is 12.1 Å². The highest BCUT2D eigenvalue weighted by Gasteiger charge is 2.12. The van der Waals surface area contributed by atoms with Crippen molar-refractivity contribution < 1.29 is 18.6 Å². The number of rotatable bonds is 5. The van der Waals surface area contributed by atoms with E-state index in [1.807, 2.05) is 13.0 Å². The summed E-state index contributed by atoms with van der Waals surface area (Å²) in [6.07, 6.45) is 1.30. The van der Waals surface area contributed by atoms with Gasteiger partial charge in [-0.15, -0.1) is 0 Å². The third-order valence-corrected chi connectivity index (χ3v) is 3.31. The van der Waals surface area contributed by atoms with Crippen LogP contribution in [-0.4, -0.2) is 13.7 Å². The molecule has 0 bridgehead atoms. The molecule has 1 aromatic heterocycles. The first-order chi connectivity index (χ1) is 11.2. The predicted molar refractivity (Wildman–Crippen MR) is 86.7 cm³/mol. The average molecular weight is 312 g/mol. The van der Waals surface area contributed by atoms with Crippen LogP contribution < -0.4 is 19.6 Å². The Bertz CT molecular complexity index is 882. The molecule has 0 aliphatic heterocycles. The molecule has 0 aliphatic rings. The van der Waals surface area contributed by atoms with Gasteiger partial charge in [-0.3, -0.25) is 4.79 Å². The van der Waals surface area contributed by atoms with Gasteiger partial charge in [-0.25, -0.2) is 0 Å². The number of methoxy groups -OCH3 is 1. The number of para-hydroxylation sites is 2. The Kier molecular flexibility index (Phi) is 4.19. The molecule has 0 radical (unpaired) electrons. The average Bonchev–Trinajstić information content (AvgIpc) is 2.58. The second-order valence-electron chi connectivity index (χ2n) is 4.77. The number of benzene rings is 2. The number of hydrogen-bond acceptors (Lipinski definition) is 5. The van der Waals surface area contributed by atoms with Crippen molar-refractivity contribution in [3.63, 3.8) is 0 Å². The number of fused-ring (bicyclic) bond motifs is 1. The van der Waals surface area contributed by atoms with Crippen LogP contribution in [0.3, 0.4) is 0 Å². The van der Waals surface area contributed by atoms with Crippen molar-refractivity contribution in [3.8, 4) is 23.0 Å². The molecule has 23 heavy (non-hydrogen) atoms. The summed E-state index contributed by atoms with van der Waals surface area (Å²) in [7, 11) is 1.54. The van der Waals surface area contributed by atoms with Crippen LogP contribution in [0.15, 0.2) is 57.9 Å². The molecule has 3 aromatic rings. The molecule has 0 spiro atoms. The SMILES string of the molecule is CCOc1ccc2c(=O)c(Oc3ccccc3OC)coc2c1. The lowest BCUT2D eigenvalue weighted by atomic mass is 10.2. The Morgan fingerprint density at radius 3 is 2.57 bits per heavy atom. The van der Waals surface area contributed by atoms with E-state index in [1.54, 1.807) is 43.5 Å². The van der Waals surface area contributed by atoms with Crippen molar-refractivity contribution in [1.29, 1.82) is 0 Å². The Labute approximate surface area is 133 Å². The summed E-state index contributed by atoms with van der Waals surface area (Å²) in [4.78, 5) is 12.5. The third kappa shape index (κ3) is 2.99. The van der Waals surface area contributed by atoms with Crippen LogP contribution in [0.5, 0.6) is 23.0 Å². The minimum Gasteiger partial charge on any atom is -0.494 e. The molecule has 0 unspecified atom stereocenters. The van der Waals surface area contributed by atoms with Crippen molar-refractivity contribution in [1.82, 2.24) is 0 Å². The number of ether oxygens (including phenoxy) is 3. The van der Waals surface area contributed by atoms with Crippen LogP contribution in [-0.2, 0) is 0 Å². The van der Waals surface area contributed by atoms with Gasteiger partial charge in [-0.2, -0.15) is 0 Å². The fourth-order valence-corrected chi connectivity index (χ4v) is 2.24. The van der Waals surface area contributed by atoms with Crippen LogP contribution in [0.2, 0.25) is 0 Å². The van der Waals surface area contributed by atoms with Crippen molar-refractivity contribution >= 4 is 11.0 Å². The van der Waals surface area contributed by atoms with Gasteiger partial charge in [0.25, 0.3) is 0 Å². The minimum atomic E-state index is -0.250. The summed E-state index contributed by atoms with van der Waals surface area (Å²) >= 11 is 0. The van der Waals surface area contributed by atoms with Crippen LogP contribution in [0, 0.1) is 0 Å². The molecular weight excluding hydrogens is 296 g/mol. The zero-order chi connectivity index (χ0) is 16.2. The van der Waals surface area contributed by atoms with E-state index in [-0.39, 0.29) is 11.2 Å². The van der Waals surface area contributed by atoms with Gasteiger partial charge in [0, 0.05) is 6.07 Å². The van der Waals surface area contributed by atoms with E-state index in [1.165, 1.54) is 6.26 Å². The lowest BCUT2D eigenvalue weighted by Crippen LogP contribution is -2.05. The van der Waals surface area contributed by atoms with Crippen molar-refractivity contribution in [2.24, 2.45) is 0 Å².